The molecule has 2 rings (SSSR count). The Kier molecular flexibility index (Phi) is 6.30. The second-order valence-corrected chi connectivity index (χ2v) is 5.85. The monoisotopic (exact) mass is 306 g/mol. The number of H-pyrrole nitrogens is 1. The Morgan fingerprint density at radius 1 is 1.41 bits per heavy atom. The number of aromatic amines is 1. The van der Waals surface area contributed by atoms with E-state index in [9.17, 15) is 9.59 Å². The van der Waals surface area contributed by atoms with Crippen molar-refractivity contribution >= 4 is 23.8 Å². The molecule has 0 bridgehead atoms. The topological polar surface area (TPSA) is 86.0 Å². The van der Waals surface area contributed by atoms with Gasteiger partial charge in [0.05, 0.1) is 11.6 Å². The highest BCUT2D eigenvalue weighted by Crippen LogP contribution is 2.26. The summed E-state index contributed by atoms with van der Waals surface area (Å²) in [5.41, 5.74) is 0.981. The largest absolute Gasteiger partial charge is 0.384 e. The van der Waals surface area contributed by atoms with Gasteiger partial charge in [-0.2, -0.15) is 0 Å². The maximum atomic E-state index is 12.4. The van der Waals surface area contributed by atoms with Crippen molar-refractivity contribution in [1.29, 1.82) is 0 Å². The third kappa shape index (κ3) is 4.51. The van der Waals surface area contributed by atoms with Crippen LogP contribution in [0.1, 0.15) is 45.4 Å². The molecule has 2 amide bonds. The fourth-order valence-corrected chi connectivity index (χ4v) is 2.94. The van der Waals surface area contributed by atoms with Crippen molar-refractivity contribution in [3.05, 3.63) is 12.3 Å². The molecule has 1 fully saturated rings. The number of anilines is 2. The van der Waals surface area contributed by atoms with Gasteiger partial charge in [-0.05, 0) is 19.3 Å². The fourth-order valence-electron chi connectivity index (χ4n) is 2.94. The predicted octanol–water partition coefficient (Wildman–Crippen LogP) is 2.47. The molecule has 1 aliphatic rings. The molecule has 1 saturated carbocycles. The molecule has 2 unspecified atom stereocenters. The highest BCUT2D eigenvalue weighted by molar-refractivity contribution is 5.93. The molecule has 4 N–H and O–H groups in total. The smallest absolute Gasteiger partial charge is 0.230 e. The van der Waals surface area contributed by atoms with Crippen LogP contribution in [0.5, 0.6) is 0 Å². The van der Waals surface area contributed by atoms with Crippen LogP contribution in [0.3, 0.4) is 0 Å². The van der Waals surface area contributed by atoms with Crippen LogP contribution in [-0.4, -0.2) is 29.9 Å². The number of rotatable bonds is 8. The quantitative estimate of drug-likeness (QED) is 0.439. The molecule has 1 heterocycles. The van der Waals surface area contributed by atoms with Crippen molar-refractivity contribution in [3.63, 3.8) is 0 Å². The van der Waals surface area contributed by atoms with Gasteiger partial charge in [-0.25, -0.2) is 0 Å². The Morgan fingerprint density at radius 2 is 2.23 bits per heavy atom. The number of hydrogen-bond acceptors (Lipinski definition) is 3. The Bertz CT molecular complexity index is 486. The van der Waals surface area contributed by atoms with Crippen LogP contribution >= 0.6 is 0 Å². The number of hydrogen-bond donors (Lipinski definition) is 4. The molecule has 6 heteroatoms. The van der Waals surface area contributed by atoms with Crippen molar-refractivity contribution in [3.8, 4) is 0 Å². The lowest BCUT2D eigenvalue weighted by molar-refractivity contribution is -0.122. The lowest BCUT2D eigenvalue weighted by Gasteiger charge is -2.29. The van der Waals surface area contributed by atoms with E-state index in [1.807, 2.05) is 12.3 Å². The molecule has 6 nitrogen and oxygen atoms in total. The highest BCUT2D eigenvalue weighted by atomic mass is 16.2. The first-order valence-electron chi connectivity index (χ1n) is 8.17. The first kappa shape index (κ1) is 16.4. The molecule has 122 valence electrons. The number of aromatic nitrogens is 1. The van der Waals surface area contributed by atoms with Gasteiger partial charge in [-0.3, -0.25) is 9.59 Å². The Labute approximate surface area is 131 Å². The van der Waals surface area contributed by atoms with Gasteiger partial charge in [-0.15, -0.1) is 0 Å². The van der Waals surface area contributed by atoms with Gasteiger partial charge < -0.3 is 20.9 Å². The zero-order valence-electron chi connectivity index (χ0n) is 13.2. The van der Waals surface area contributed by atoms with Gasteiger partial charge in [0.15, 0.2) is 0 Å². The molecule has 22 heavy (non-hydrogen) atoms. The standard InChI is InChI=1S/C16H26N4O2/c1-2-3-8-17-12-9-15(18-10-12)20-16(22)13-6-4-5-7-14(13)19-11-21/h9-11,13-14,17-18H,2-8H2,1H3,(H,19,21)(H,20,22). The zero-order chi connectivity index (χ0) is 15.8. The normalized spacial score (nSPS) is 21.1. The summed E-state index contributed by atoms with van der Waals surface area (Å²) in [6.45, 7) is 3.08. The summed E-state index contributed by atoms with van der Waals surface area (Å²) in [6, 6.07) is 1.85. The number of carbonyl (C=O) groups is 2. The zero-order valence-corrected chi connectivity index (χ0v) is 13.2. The lowest BCUT2D eigenvalue weighted by Crippen LogP contribution is -2.43. The van der Waals surface area contributed by atoms with Gasteiger partial charge >= 0.3 is 0 Å². The molecule has 2 atom stereocenters. The van der Waals surface area contributed by atoms with E-state index in [1.165, 1.54) is 0 Å². The van der Waals surface area contributed by atoms with Crippen LogP contribution in [0.25, 0.3) is 0 Å². The number of amides is 2. The van der Waals surface area contributed by atoms with Crippen molar-refractivity contribution in [1.82, 2.24) is 10.3 Å². The van der Waals surface area contributed by atoms with E-state index < -0.39 is 0 Å². The van der Waals surface area contributed by atoms with Crippen LogP contribution in [0.15, 0.2) is 12.3 Å². The summed E-state index contributed by atoms with van der Waals surface area (Å²) in [5.74, 6) is 0.513. The fraction of sp³-hybridized carbons (Fsp3) is 0.625. The Hall–Kier alpha value is -1.98. The van der Waals surface area contributed by atoms with Crippen LogP contribution in [-0.2, 0) is 9.59 Å². The molecule has 0 aliphatic heterocycles. The average molecular weight is 306 g/mol. The average Bonchev–Trinajstić information content (AvgIpc) is 2.96. The first-order chi connectivity index (χ1) is 10.7. The minimum absolute atomic E-state index is 0.0268. The molecular weight excluding hydrogens is 280 g/mol. The van der Waals surface area contributed by atoms with Gasteiger partial charge in [0.1, 0.15) is 5.82 Å². The van der Waals surface area contributed by atoms with E-state index in [2.05, 4.69) is 27.9 Å². The molecular formula is C16H26N4O2. The highest BCUT2D eigenvalue weighted by Gasteiger charge is 2.30. The van der Waals surface area contributed by atoms with E-state index in [-0.39, 0.29) is 17.9 Å². The molecule has 1 aromatic rings. The molecule has 1 aliphatic carbocycles. The summed E-state index contributed by atoms with van der Waals surface area (Å²) in [6.07, 6.45) is 8.59. The summed E-state index contributed by atoms with van der Waals surface area (Å²) in [5, 5.41) is 9.00. The van der Waals surface area contributed by atoms with Gasteiger partial charge in [0.2, 0.25) is 12.3 Å². The minimum Gasteiger partial charge on any atom is -0.384 e. The van der Waals surface area contributed by atoms with E-state index >= 15 is 0 Å². The van der Waals surface area contributed by atoms with Crippen LogP contribution < -0.4 is 16.0 Å². The summed E-state index contributed by atoms with van der Waals surface area (Å²) < 4.78 is 0. The van der Waals surface area contributed by atoms with Gasteiger partial charge in [0.25, 0.3) is 0 Å². The first-order valence-corrected chi connectivity index (χ1v) is 8.17. The predicted molar refractivity (Wildman–Crippen MR) is 87.8 cm³/mol. The molecule has 0 aromatic carbocycles. The number of nitrogens with one attached hydrogen (secondary N) is 4. The molecule has 0 radical (unpaired) electrons. The van der Waals surface area contributed by atoms with Crippen LogP contribution in [0.4, 0.5) is 11.5 Å². The van der Waals surface area contributed by atoms with E-state index in [0.29, 0.717) is 12.2 Å². The summed E-state index contributed by atoms with van der Waals surface area (Å²) in [7, 11) is 0. The van der Waals surface area contributed by atoms with Gasteiger partial charge in [0, 0.05) is 24.8 Å². The van der Waals surface area contributed by atoms with Crippen molar-refractivity contribution < 1.29 is 9.59 Å². The minimum atomic E-state index is -0.154. The molecule has 0 saturated heterocycles. The van der Waals surface area contributed by atoms with E-state index in [1.54, 1.807) is 0 Å². The van der Waals surface area contributed by atoms with Crippen LogP contribution in [0, 0.1) is 5.92 Å². The Morgan fingerprint density at radius 3 is 3.00 bits per heavy atom. The number of unbranched alkanes of at least 4 members (excludes halogenated alkanes) is 1. The van der Waals surface area contributed by atoms with Crippen molar-refractivity contribution in [2.24, 2.45) is 5.92 Å². The third-order valence-electron chi connectivity index (χ3n) is 4.19. The maximum absolute atomic E-state index is 12.4. The summed E-state index contributed by atoms with van der Waals surface area (Å²) in [4.78, 5) is 26.2. The lowest BCUT2D eigenvalue weighted by atomic mass is 9.84. The maximum Gasteiger partial charge on any atom is 0.230 e. The van der Waals surface area contributed by atoms with E-state index in [4.69, 9.17) is 0 Å². The van der Waals surface area contributed by atoms with Crippen LogP contribution in [0.2, 0.25) is 0 Å². The van der Waals surface area contributed by atoms with Gasteiger partial charge in [-0.1, -0.05) is 26.2 Å². The molecule has 0 spiro atoms. The van der Waals surface area contributed by atoms with Crippen molar-refractivity contribution in [2.45, 2.75) is 51.5 Å². The molecule has 1 aromatic heterocycles. The third-order valence-corrected chi connectivity index (χ3v) is 4.19. The summed E-state index contributed by atoms with van der Waals surface area (Å²) >= 11 is 0. The number of carbonyl (C=O) groups excluding carboxylic acids is 2. The second kappa shape index (κ2) is 8.46. The Balaban J connectivity index is 1.88. The second-order valence-electron chi connectivity index (χ2n) is 5.85. The van der Waals surface area contributed by atoms with Crippen molar-refractivity contribution in [2.75, 3.05) is 17.2 Å². The van der Waals surface area contributed by atoms with E-state index in [0.717, 1.165) is 50.8 Å². The SMILES string of the molecule is CCCCNc1c[nH]c(NC(=O)C2CCCCC2NC=O)c1.